The topological polar surface area (TPSA) is 95.8 Å². The molecule has 204 valence electrons. The van der Waals surface area contributed by atoms with Crippen LogP contribution in [-0.4, -0.2) is 72.8 Å². The quantitative estimate of drug-likeness (QED) is 0.228. The Kier molecular flexibility index (Phi) is 8.19. The summed E-state index contributed by atoms with van der Waals surface area (Å²) in [5, 5.41) is 7.71. The van der Waals surface area contributed by atoms with Gasteiger partial charge >= 0.3 is 5.97 Å². The molecule has 1 aromatic carbocycles. The van der Waals surface area contributed by atoms with Gasteiger partial charge in [-0.1, -0.05) is 0 Å². The average Bonchev–Trinajstić information content (AvgIpc) is 2.76. The van der Waals surface area contributed by atoms with E-state index in [9.17, 15) is 4.79 Å². The van der Waals surface area contributed by atoms with E-state index in [0.717, 1.165) is 36.0 Å². The van der Waals surface area contributed by atoms with E-state index in [1.165, 1.54) is 0 Å². The number of ether oxygens (including phenoxy) is 1. The number of carbonyl (C=O) groups is 1. The number of nitrogens with two attached hydrogens (primary N) is 1. The molecule has 0 bridgehead atoms. The first-order valence-corrected chi connectivity index (χ1v) is 14.5. The highest BCUT2D eigenvalue weighted by molar-refractivity contribution is 14.1. The number of hydrogen-bond acceptors (Lipinski definition) is 8. The number of nitrogens with one attached hydrogen (secondary N) is 2. The van der Waals surface area contributed by atoms with E-state index in [-0.39, 0.29) is 29.1 Å². The van der Waals surface area contributed by atoms with E-state index in [1.807, 2.05) is 26.8 Å². The van der Waals surface area contributed by atoms with Crippen LogP contribution in [0.4, 0.5) is 21.6 Å². The van der Waals surface area contributed by atoms with Crippen LogP contribution in [-0.2, 0) is 9.53 Å². The Hall–Kier alpha value is -1.44. The summed E-state index contributed by atoms with van der Waals surface area (Å²) in [6.45, 7) is 10.1. The van der Waals surface area contributed by atoms with E-state index in [0.29, 0.717) is 33.5 Å². The molecule has 2 atom stereocenters. The third kappa shape index (κ3) is 6.09. The van der Waals surface area contributed by atoms with Gasteiger partial charge in [-0.3, -0.25) is 4.79 Å². The Balaban J connectivity index is 1.64. The van der Waals surface area contributed by atoms with E-state index in [1.54, 1.807) is 0 Å². The van der Waals surface area contributed by atoms with Crippen LogP contribution in [0.15, 0.2) is 10.5 Å². The summed E-state index contributed by atoms with van der Waals surface area (Å²) in [6.07, 6.45) is 1.86. The minimum Gasteiger partial charge on any atom is -0.460 e. The van der Waals surface area contributed by atoms with Crippen molar-refractivity contribution in [3.05, 3.63) is 19.9 Å². The van der Waals surface area contributed by atoms with Gasteiger partial charge in [-0.15, -0.1) is 0 Å². The number of piperidine rings is 1. The maximum atomic E-state index is 15.5. The Labute approximate surface area is 240 Å². The lowest BCUT2D eigenvalue weighted by molar-refractivity contribution is -0.155. The van der Waals surface area contributed by atoms with Crippen molar-refractivity contribution >= 4 is 72.6 Å². The molecule has 2 aliphatic rings. The molecule has 0 unspecified atom stereocenters. The van der Waals surface area contributed by atoms with Crippen molar-refractivity contribution in [2.75, 3.05) is 49.7 Å². The minimum atomic E-state index is -0.515. The highest BCUT2D eigenvalue weighted by Crippen LogP contribution is 2.43. The number of fused-ring (bicyclic) bond motifs is 1. The van der Waals surface area contributed by atoms with Crippen LogP contribution in [0.2, 0.25) is 0 Å². The maximum absolute atomic E-state index is 15.5. The van der Waals surface area contributed by atoms with Crippen LogP contribution in [0.3, 0.4) is 0 Å². The summed E-state index contributed by atoms with van der Waals surface area (Å²) in [5.41, 5.74) is 7.76. The molecule has 0 spiro atoms. The van der Waals surface area contributed by atoms with Crippen molar-refractivity contribution in [1.29, 1.82) is 0 Å². The molecule has 2 aromatic rings. The zero-order valence-corrected chi connectivity index (χ0v) is 26.1. The second-order valence-electron chi connectivity index (χ2n) is 11.7. The Morgan fingerprint density at radius 3 is 2.73 bits per heavy atom. The second-order valence-corrected chi connectivity index (χ2v) is 13.6. The average molecular weight is 691 g/mol. The van der Waals surface area contributed by atoms with Gasteiger partial charge in [0.2, 0.25) is 0 Å². The van der Waals surface area contributed by atoms with Crippen molar-refractivity contribution in [3.63, 3.8) is 0 Å². The number of carbonyl (C=O) groups excluding carboxylic acids is 1. The van der Waals surface area contributed by atoms with Gasteiger partial charge in [0.25, 0.3) is 0 Å². The van der Waals surface area contributed by atoms with Crippen molar-refractivity contribution in [2.45, 2.75) is 70.2 Å². The molecule has 8 nitrogen and oxygen atoms in total. The van der Waals surface area contributed by atoms with Gasteiger partial charge in [-0.05, 0) is 106 Å². The first kappa shape index (κ1) is 28.6. The van der Waals surface area contributed by atoms with Gasteiger partial charge in [0.05, 0.1) is 27.8 Å². The van der Waals surface area contributed by atoms with Gasteiger partial charge in [0, 0.05) is 34.1 Å². The predicted octanol–water partition coefficient (Wildman–Crippen LogP) is 4.73. The second kappa shape index (κ2) is 10.6. The smallest absolute Gasteiger partial charge is 0.307 e. The zero-order chi connectivity index (χ0) is 27.3. The van der Waals surface area contributed by atoms with Crippen LogP contribution in [0.5, 0.6) is 0 Å². The van der Waals surface area contributed by atoms with E-state index >= 15 is 4.39 Å². The van der Waals surface area contributed by atoms with Crippen molar-refractivity contribution in [3.8, 4) is 0 Å². The van der Waals surface area contributed by atoms with Crippen LogP contribution in [0.25, 0.3) is 10.9 Å². The molecular formula is C26H37BrFIN6O2. The van der Waals surface area contributed by atoms with E-state index < -0.39 is 11.4 Å². The number of anilines is 3. The van der Waals surface area contributed by atoms with E-state index in [2.05, 4.69) is 80.0 Å². The minimum absolute atomic E-state index is 0.00574. The summed E-state index contributed by atoms with van der Waals surface area (Å²) in [7, 11) is 4.12. The third-order valence-electron chi connectivity index (χ3n) is 7.25. The fourth-order valence-corrected chi connectivity index (χ4v) is 5.85. The normalized spacial score (nSPS) is 21.7. The molecule has 11 heteroatoms. The fraction of sp³-hybridized carbons (Fsp3) is 0.615. The fourth-order valence-electron chi connectivity index (χ4n) is 4.99. The number of nitrogen functional groups attached to an aromatic ring is 1. The van der Waals surface area contributed by atoms with Crippen molar-refractivity contribution < 1.29 is 13.9 Å². The molecule has 2 fully saturated rings. The predicted molar refractivity (Wildman–Crippen MR) is 160 cm³/mol. The number of benzene rings is 1. The first-order chi connectivity index (χ1) is 17.2. The van der Waals surface area contributed by atoms with Crippen LogP contribution in [0, 0.1) is 9.39 Å². The maximum Gasteiger partial charge on any atom is 0.307 e. The van der Waals surface area contributed by atoms with Gasteiger partial charge in [-0.2, -0.15) is 0 Å². The molecule has 4 N–H and O–H groups in total. The van der Waals surface area contributed by atoms with Gasteiger partial charge in [0.15, 0.2) is 11.6 Å². The SMILES string of the molecule is CN(C)C1(C)CN(c2nc3c(F)c(Br)c(I)cc3c(N[C@H]3CCN[C@H](CC(=O)OC(C)(C)C)C3)c2N)C1. The van der Waals surface area contributed by atoms with Crippen molar-refractivity contribution in [2.24, 2.45) is 0 Å². The molecule has 0 aliphatic carbocycles. The largest absolute Gasteiger partial charge is 0.460 e. The van der Waals surface area contributed by atoms with Gasteiger partial charge in [0.1, 0.15) is 11.1 Å². The lowest BCUT2D eigenvalue weighted by atomic mass is 9.90. The molecule has 0 amide bonds. The van der Waals surface area contributed by atoms with Gasteiger partial charge in [-0.25, -0.2) is 9.37 Å². The number of likely N-dealkylation sites (N-methyl/N-ethyl adjacent to an activating group) is 1. The number of esters is 1. The molecule has 3 heterocycles. The Bertz CT molecular complexity index is 1200. The summed E-state index contributed by atoms with van der Waals surface area (Å²) in [6, 6.07) is 1.96. The molecule has 1 aromatic heterocycles. The Morgan fingerprint density at radius 1 is 1.43 bits per heavy atom. The molecule has 4 rings (SSSR count). The summed E-state index contributed by atoms with van der Waals surface area (Å²) < 4.78 is 22.1. The van der Waals surface area contributed by atoms with Crippen LogP contribution >= 0.6 is 38.5 Å². The first-order valence-electron chi connectivity index (χ1n) is 12.6. The number of aromatic nitrogens is 1. The van der Waals surface area contributed by atoms with Gasteiger partial charge < -0.3 is 30.9 Å². The molecule has 2 aliphatic heterocycles. The standard InChI is InChI=1S/C26H37BrFIN6O2/c1-25(2,3)37-18(36)10-15-9-14(7-8-31-15)32-23-16-11-17(29)19(27)20(28)22(16)33-24(21(23)30)35-12-26(4,13-35)34(5)6/h11,14-15,31H,7-10,12-13,30H2,1-6H3,(H,32,33)/t14-,15-/m0/s1. The molecule has 37 heavy (non-hydrogen) atoms. The number of halogens is 3. The van der Waals surface area contributed by atoms with Crippen LogP contribution < -0.4 is 21.3 Å². The lowest BCUT2D eigenvalue weighted by Crippen LogP contribution is -2.67. The summed E-state index contributed by atoms with van der Waals surface area (Å²) >= 11 is 5.49. The number of hydrogen-bond donors (Lipinski definition) is 3. The third-order valence-corrected chi connectivity index (χ3v) is 9.62. The van der Waals surface area contributed by atoms with E-state index in [4.69, 9.17) is 15.5 Å². The highest BCUT2D eigenvalue weighted by atomic mass is 127. The molecule has 2 saturated heterocycles. The summed E-state index contributed by atoms with van der Waals surface area (Å²) in [5.74, 6) is -0.0132. The molecule has 0 saturated carbocycles. The number of rotatable bonds is 6. The summed E-state index contributed by atoms with van der Waals surface area (Å²) in [4.78, 5) is 21.4. The molecule has 0 radical (unpaired) electrons. The lowest BCUT2D eigenvalue weighted by Gasteiger charge is -2.52. The Morgan fingerprint density at radius 2 is 2.11 bits per heavy atom. The number of pyridine rings is 1. The molecular weight excluding hydrogens is 654 g/mol. The van der Waals surface area contributed by atoms with Crippen LogP contribution in [0.1, 0.15) is 47.0 Å². The monoisotopic (exact) mass is 690 g/mol. The highest BCUT2D eigenvalue weighted by Gasteiger charge is 2.42. The van der Waals surface area contributed by atoms with Crippen molar-refractivity contribution in [1.82, 2.24) is 15.2 Å². The number of nitrogens with zero attached hydrogens (tertiary/aromatic N) is 3. The zero-order valence-electron chi connectivity index (χ0n) is 22.3.